The molecular formula is C13H21IO3. The fourth-order valence-electron chi connectivity index (χ4n) is 2.90. The molecule has 0 N–H and O–H groups in total. The van der Waals surface area contributed by atoms with E-state index in [-0.39, 0.29) is 5.92 Å². The summed E-state index contributed by atoms with van der Waals surface area (Å²) in [6.07, 6.45) is 6.99. The molecule has 98 valence electrons. The topological polar surface area (TPSA) is 35.5 Å². The molecule has 4 heteroatoms. The average Bonchev–Trinajstić information content (AvgIpc) is 2.80. The van der Waals surface area contributed by atoms with Gasteiger partial charge in [0.2, 0.25) is 0 Å². The lowest BCUT2D eigenvalue weighted by atomic mass is 9.80. The van der Waals surface area contributed by atoms with Crippen LogP contribution < -0.4 is 0 Å². The van der Waals surface area contributed by atoms with Gasteiger partial charge in [-0.25, -0.2) is 0 Å². The van der Waals surface area contributed by atoms with Crippen molar-refractivity contribution < 1.29 is 14.3 Å². The molecule has 0 aromatic carbocycles. The molecule has 17 heavy (non-hydrogen) atoms. The highest BCUT2D eigenvalue weighted by atomic mass is 127. The van der Waals surface area contributed by atoms with E-state index in [0.717, 1.165) is 36.5 Å². The number of ketones is 1. The second-order valence-corrected chi connectivity index (χ2v) is 6.00. The summed E-state index contributed by atoms with van der Waals surface area (Å²) in [5.74, 6) is -0.218. The van der Waals surface area contributed by atoms with Crippen molar-refractivity contribution in [1.82, 2.24) is 0 Å². The average molecular weight is 352 g/mol. The van der Waals surface area contributed by atoms with Gasteiger partial charge in [-0.2, -0.15) is 0 Å². The van der Waals surface area contributed by atoms with Crippen molar-refractivity contribution in [3.05, 3.63) is 0 Å². The monoisotopic (exact) mass is 352 g/mol. The van der Waals surface area contributed by atoms with Crippen molar-refractivity contribution in [3.8, 4) is 0 Å². The number of unbranched alkanes of at least 4 members (excludes halogenated alkanes) is 1. The maximum absolute atomic E-state index is 12.1. The Morgan fingerprint density at radius 3 is 2.65 bits per heavy atom. The van der Waals surface area contributed by atoms with Gasteiger partial charge in [0, 0.05) is 12.8 Å². The standard InChI is InChI=1S/C13H21IO3/c14-8-4-3-7-13(16-9-10-17-13)11-5-1-2-6-12(11)15/h11H,1-10H2. The van der Waals surface area contributed by atoms with Crippen molar-refractivity contribution in [2.75, 3.05) is 17.6 Å². The molecule has 1 aliphatic heterocycles. The molecule has 0 aromatic rings. The van der Waals surface area contributed by atoms with Gasteiger partial charge in [-0.05, 0) is 30.1 Å². The summed E-state index contributed by atoms with van der Waals surface area (Å²) in [6.45, 7) is 1.29. The predicted molar refractivity (Wildman–Crippen MR) is 74.3 cm³/mol. The Morgan fingerprint density at radius 1 is 1.24 bits per heavy atom. The first-order valence-corrected chi connectivity index (χ1v) is 8.18. The number of carbonyl (C=O) groups excluding carboxylic acids is 1. The van der Waals surface area contributed by atoms with Gasteiger partial charge < -0.3 is 9.47 Å². The number of hydrogen-bond donors (Lipinski definition) is 0. The fraction of sp³-hybridized carbons (Fsp3) is 0.923. The summed E-state index contributed by atoms with van der Waals surface area (Å²) in [5, 5.41) is 0. The summed E-state index contributed by atoms with van der Waals surface area (Å²) < 4.78 is 12.9. The van der Waals surface area contributed by atoms with E-state index in [1.54, 1.807) is 0 Å². The molecule has 1 saturated heterocycles. The minimum absolute atomic E-state index is 0.00652. The highest BCUT2D eigenvalue weighted by molar-refractivity contribution is 14.1. The number of halogens is 1. The molecule has 2 fully saturated rings. The molecule has 0 radical (unpaired) electrons. The summed E-state index contributed by atoms with van der Waals surface area (Å²) in [7, 11) is 0. The van der Waals surface area contributed by atoms with Crippen LogP contribution in [0.1, 0.15) is 44.9 Å². The van der Waals surface area contributed by atoms with Crippen molar-refractivity contribution in [1.29, 1.82) is 0 Å². The molecule has 2 rings (SSSR count). The van der Waals surface area contributed by atoms with E-state index >= 15 is 0 Å². The third-order valence-electron chi connectivity index (χ3n) is 3.77. The molecule has 0 bridgehead atoms. The first-order chi connectivity index (χ1) is 8.28. The van der Waals surface area contributed by atoms with Crippen LogP contribution in [-0.2, 0) is 14.3 Å². The van der Waals surface area contributed by atoms with Crippen LogP contribution >= 0.6 is 22.6 Å². The lowest BCUT2D eigenvalue weighted by Crippen LogP contribution is -2.45. The zero-order chi connectivity index (χ0) is 12.1. The van der Waals surface area contributed by atoms with Crippen LogP contribution in [0, 0.1) is 5.92 Å². The van der Waals surface area contributed by atoms with Crippen LogP contribution in [0.4, 0.5) is 0 Å². The Morgan fingerprint density at radius 2 is 2.00 bits per heavy atom. The van der Waals surface area contributed by atoms with Crippen molar-refractivity contribution in [3.63, 3.8) is 0 Å². The molecule has 1 heterocycles. The Bertz CT molecular complexity index is 261. The molecule has 0 spiro atoms. The highest BCUT2D eigenvalue weighted by Crippen LogP contribution is 2.39. The van der Waals surface area contributed by atoms with Gasteiger partial charge in [-0.1, -0.05) is 29.0 Å². The van der Waals surface area contributed by atoms with Gasteiger partial charge >= 0.3 is 0 Å². The molecule has 2 aliphatic rings. The maximum atomic E-state index is 12.1. The van der Waals surface area contributed by atoms with Gasteiger partial charge in [0.05, 0.1) is 19.1 Å². The molecule has 1 saturated carbocycles. The Kier molecular flexibility index (Phi) is 5.24. The third kappa shape index (κ3) is 3.20. The number of alkyl halides is 1. The van der Waals surface area contributed by atoms with E-state index in [9.17, 15) is 4.79 Å². The summed E-state index contributed by atoms with van der Waals surface area (Å²) in [6, 6.07) is 0. The molecule has 3 nitrogen and oxygen atoms in total. The highest BCUT2D eigenvalue weighted by Gasteiger charge is 2.47. The van der Waals surface area contributed by atoms with E-state index in [0.29, 0.717) is 25.4 Å². The maximum Gasteiger partial charge on any atom is 0.178 e. The lowest BCUT2D eigenvalue weighted by Gasteiger charge is -2.36. The minimum Gasteiger partial charge on any atom is -0.347 e. The smallest absolute Gasteiger partial charge is 0.178 e. The minimum atomic E-state index is -0.566. The van der Waals surface area contributed by atoms with Crippen molar-refractivity contribution in [2.45, 2.75) is 50.7 Å². The fourth-order valence-corrected chi connectivity index (χ4v) is 3.44. The Hall–Kier alpha value is 0.320. The zero-order valence-electron chi connectivity index (χ0n) is 10.3. The van der Waals surface area contributed by atoms with Crippen LogP contribution in [0.2, 0.25) is 0 Å². The number of Topliss-reactive ketones (excluding diaryl/α,β-unsaturated/α-hetero) is 1. The molecule has 1 aliphatic carbocycles. The van der Waals surface area contributed by atoms with Gasteiger partial charge in [-0.15, -0.1) is 0 Å². The third-order valence-corrected chi connectivity index (χ3v) is 4.53. The zero-order valence-corrected chi connectivity index (χ0v) is 12.4. The Balaban J connectivity index is 2.01. The molecular weight excluding hydrogens is 331 g/mol. The van der Waals surface area contributed by atoms with E-state index in [1.165, 1.54) is 6.42 Å². The molecule has 1 atom stereocenters. The van der Waals surface area contributed by atoms with Gasteiger partial charge in [-0.3, -0.25) is 4.79 Å². The summed E-state index contributed by atoms with van der Waals surface area (Å²) in [5.41, 5.74) is 0. The van der Waals surface area contributed by atoms with E-state index in [2.05, 4.69) is 22.6 Å². The molecule has 1 unspecified atom stereocenters. The number of carbonyl (C=O) groups is 1. The molecule has 0 amide bonds. The van der Waals surface area contributed by atoms with Gasteiger partial charge in [0.15, 0.2) is 5.79 Å². The van der Waals surface area contributed by atoms with Crippen LogP contribution in [0.15, 0.2) is 0 Å². The van der Waals surface area contributed by atoms with Crippen LogP contribution in [0.25, 0.3) is 0 Å². The number of ether oxygens (including phenoxy) is 2. The van der Waals surface area contributed by atoms with E-state index < -0.39 is 5.79 Å². The summed E-state index contributed by atoms with van der Waals surface area (Å²) in [4.78, 5) is 12.1. The van der Waals surface area contributed by atoms with Gasteiger partial charge in [0.1, 0.15) is 5.78 Å². The predicted octanol–water partition coefficient (Wildman–Crippen LogP) is 3.09. The second-order valence-electron chi connectivity index (χ2n) is 4.92. The van der Waals surface area contributed by atoms with Crippen molar-refractivity contribution in [2.24, 2.45) is 5.92 Å². The quantitative estimate of drug-likeness (QED) is 0.433. The number of hydrogen-bond acceptors (Lipinski definition) is 3. The van der Waals surface area contributed by atoms with E-state index in [4.69, 9.17) is 9.47 Å². The van der Waals surface area contributed by atoms with Crippen LogP contribution in [-0.4, -0.2) is 29.2 Å². The first-order valence-electron chi connectivity index (χ1n) is 6.65. The van der Waals surface area contributed by atoms with Crippen LogP contribution in [0.3, 0.4) is 0 Å². The molecule has 0 aromatic heterocycles. The van der Waals surface area contributed by atoms with Crippen LogP contribution in [0.5, 0.6) is 0 Å². The first kappa shape index (κ1) is 13.7. The van der Waals surface area contributed by atoms with Crippen molar-refractivity contribution >= 4 is 28.4 Å². The SMILES string of the molecule is O=C1CCCCC1C1(CCCCI)OCCO1. The van der Waals surface area contributed by atoms with E-state index in [1.807, 2.05) is 0 Å². The number of rotatable bonds is 5. The lowest BCUT2D eigenvalue weighted by molar-refractivity contribution is -0.205. The Labute approximate surface area is 117 Å². The summed E-state index contributed by atoms with van der Waals surface area (Å²) >= 11 is 2.39. The largest absolute Gasteiger partial charge is 0.347 e. The van der Waals surface area contributed by atoms with Gasteiger partial charge in [0.25, 0.3) is 0 Å². The second kappa shape index (κ2) is 6.48. The normalized spacial score (nSPS) is 28.5.